The number of halogens is 3. The highest BCUT2D eigenvalue weighted by molar-refractivity contribution is 6.34. The van der Waals surface area contributed by atoms with Crippen LogP contribution in [0.25, 0.3) is 16.8 Å². The summed E-state index contributed by atoms with van der Waals surface area (Å²) >= 11 is 6.42. The Hall–Kier alpha value is -3.15. The number of hydrogen-bond acceptors (Lipinski definition) is 7. The Morgan fingerprint density at radius 2 is 2.11 bits per heavy atom. The van der Waals surface area contributed by atoms with Crippen molar-refractivity contribution >= 4 is 17.1 Å². The van der Waals surface area contributed by atoms with E-state index in [1.807, 2.05) is 26.1 Å². The maximum atomic E-state index is 15.3. The number of aromatic nitrogens is 6. The van der Waals surface area contributed by atoms with Gasteiger partial charge >= 0.3 is 0 Å². The highest BCUT2D eigenvalue weighted by Gasteiger charge is 2.37. The van der Waals surface area contributed by atoms with Crippen molar-refractivity contribution in [3.8, 4) is 17.0 Å². The lowest BCUT2D eigenvalue weighted by Crippen LogP contribution is -2.55. The largest absolute Gasteiger partial charge is 0.491 e. The van der Waals surface area contributed by atoms with Crippen LogP contribution >= 0.6 is 11.6 Å². The number of rotatable bonds is 7. The lowest BCUT2D eigenvalue weighted by atomic mass is 10.00. The Labute approximate surface area is 223 Å². The SMILES string of the molecule is Cc1c(-c2cc(OCC(C)c3ccc(F)cn3)c3c(Cl)cnn3c2)nnn1C1CCN(C2COC2)CC1F. The van der Waals surface area contributed by atoms with Crippen molar-refractivity contribution in [2.45, 2.75) is 44.4 Å². The summed E-state index contributed by atoms with van der Waals surface area (Å²) in [5, 5.41) is 13.6. The predicted octanol–water partition coefficient (Wildman–Crippen LogP) is 4.25. The van der Waals surface area contributed by atoms with Gasteiger partial charge in [0.1, 0.15) is 28.9 Å². The molecule has 0 radical (unpaired) electrons. The minimum Gasteiger partial charge on any atom is -0.491 e. The average Bonchev–Trinajstić information content (AvgIpc) is 3.44. The molecule has 3 unspecified atom stereocenters. The molecule has 2 aliphatic heterocycles. The fraction of sp³-hybridized carbons (Fsp3) is 0.462. The molecule has 0 amide bonds. The maximum Gasteiger partial charge on any atom is 0.147 e. The first-order chi connectivity index (χ1) is 18.4. The molecule has 0 spiro atoms. The smallest absolute Gasteiger partial charge is 0.147 e. The van der Waals surface area contributed by atoms with Gasteiger partial charge in [-0.3, -0.25) is 9.88 Å². The fourth-order valence-electron chi connectivity index (χ4n) is 5.15. The van der Waals surface area contributed by atoms with Crippen LogP contribution in [0.2, 0.25) is 5.02 Å². The number of alkyl halides is 1. The lowest BCUT2D eigenvalue weighted by Gasteiger charge is -2.42. The molecule has 38 heavy (non-hydrogen) atoms. The Morgan fingerprint density at radius 3 is 2.82 bits per heavy atom. The van der Waals surface area contributed by atoms with Gasteiger partial charge in [0, 0.05) is 36.5 Å². The van der Waals surface area contributed by atoms with E-state index >= 15 is 4.39 Å². The van der Waals surface area contributed by atoms with Gasteiger partial charge in [0.05, 0.1) is 55.0 Å². The Balaban J connectivity index is 1.25. The molecule has 0 bridgehead atoms. The van der Waals surface area contributed by atoms with E-state index in [0.29, 0.717) is 66.5 Å². The molecule has 3 atom stereocenters. The first-order valence-corrected chi connectivity index (χ1v) is 13.1. The van der Waals surface area contributed by atoms with Gasteiger partial charge in [0.25, 0.3) is 0 Å². The summed E-state index contributed by atoms with van der Waals surface area (Å²) in [4.78, 5) is 6.32. The predicted molar refractivity (Wildman–Crippen MR) is 137 cm³/mol. The van der Waals surface area contributed by atoms with E-state index < -0.39 is 6.17 Å². The number of piperidine rings is 1. The van der Waals surface area contributed by atoms with Crippen LogP contribution in [-0.4, -0.2) is 79.6 Å². The van der Waals surface area contributed by atoms with E-state index in [-0.39, 0.29) is 17.8 Å². The summed E-state index contributed by atoms with van der Waals surface area (Å²) in [6, 6.07) is 4.81. The quantitative estimate of drug-likeness (QED) is 0.344. The van der Waals surface area contributed by atoms with Crippen molar-refractivity contribution < 1.29 is 18.3 Å². The Kier molecular flexibility index (Phi) is 6.75. The van der Waals surface area contributed by atoms with Gasteiger partial charge in [-0.25, -0.2) is 18.0 Å². The number of pyridine rings is 2. The van der Waals surface area contributed by atoms with Crippen molar-refractivity contribution in [3.05, 3.63) is 59.0 Å². The zero-order chi connectivity index (χ0) is 26.4. The molecule has 6 rings (SSSR count). The standard InChI is InChI=1S/C26H28ClF2N7O2/c1-15(22-4-3-18(28)8-30-22)12-38-24-7-17(10-35-26(24)20(27)9-31-35)25-16(2)36(33-32-25)23-5-6-34(11-21(23)29)19-13-37-14-19/h3-4,7-10,15,19,21,23H,5-6,11-14H2,1-2H3. The van der Waals surface area contributed by atoms with Gasteiger partial charge in [-0.15, -0.1) is 5.10 Å². The van der Waals surface area contributed by atoms with E-state index in [1.54, 1.807) is 21.5 Å². The van der Waals surface area contributed by atoms with Crippen molar-refractivity contribution in [3.63, 3.8) is 0 Å². The van der Waals surface area contributed by atoms with E-state index in [9.17, 15) is 4.39 Å². The lowest BCUT2D eigenvalue weighted by molar-refractivity contribution is -0.0849. The molecule has 2 fully saturated rings. The molecule has 4 aromatic rings. The number of fused-ring (bicyclic) bond motifs is 1. The second-order valence-corrected chi connectivity index (χ2v) is 10.4. The molecule has 6 heterocycles. The molecule has 0 aliphatic carbocycles. The van der Waals surface area contributed by atoms with Crippen LogP contribution in [0.3, 0.4) is 0 Å². The molecular weight excluding hydrogens is 516 g/mol. The van der Waals surface area contributed by atoms with Gasteiger partial charge in [-0.2, -0.15) is 5.10 Å². The molecule has 0 N–H and O–H groups in total. The zero-order valence-corrected chi connectivity index (χ0v) is 21.9. The van der Waals surface area contributed by atoms with Crippen molar-refractivity contribution in [1.29, 1.82) is 0 Å². The Morgan fingerprint density at radius 1 is 1.26 bits per heavy atom. The molecule has 2 saturated heterocycles. The van der Waals surface area contributed by atoms with Crippen molar-refractivity contribution in [1.82, 2.24) is 34.5 Å². The molecule has 2 aliphatic rings. The van der Waals surface area contributed by atoms with E-state index in [1.165, 1.54) is 12.3 Å². The van der Waals surface area contributed by atoms with Crippen LogP contribution < -0.4 is 4.74 Å². The second-order valence-electron chi connectivity index (χ2n) is 10.0. The summed E-state index contributed by atoms with van der Waals surface area (Å²) in [6.07, 6.45) is 4.16. The summed E-state index contributed by atoms with van der Waals surface area (Å²) in [6.45, 7) is 6.65. The Bertz CT molecular complexity index is 1440. The van der Waals surface area contributed by atoms with E-state index in [2.05, 4.69) is 25.3 Å². The summed E-state index contributed by atoms with van der Waals surface area (Å²) in [7, 11) is 0. The number of ether oxygens (including phenoxy) is 2. The molecule has 0 aromatic carbocycles. The zero-order valence-electron chi connectivity index (χ0n) is 21.1. The van der Waals surface area contributed by atoms with Gasteiger partial charge in [0.2, 0.25) is 0 Å². The van der Waals surface area contributed by atoms with Gasteiger partial charge in [-0.1, -0.05) is 23.7 Å². The van der Waals surface area contributed by atoms with Crippen LogP contribution in [0.4, 0.5) is 8.78 Å². The van der Waals surface area contributed by atoms with Crippen molar-refractivity contribution in [2.24, 2.45) is 0 Å². The van der Waals surface area contributed by atoms with Gasteiger partial charge in [0.15, 0.2) is 0 Å². The number of nitrogens with zero attached hydrogens (tertiary/aromatic N) is 7. The molecular formula is C26H28ClF2N7O2. The molecule has 4 aromatic heterocycles. The minimum absolute atomic E-state index is 0.0949. The molecule has 200 valence electrons. The first-order valence-electron chi connectivity index (χ1n) is 12.7. The van der Waals surface area contributed by atoms with Crippen LogP contribution in [0, 0.1) is 12.7 Å². The summed E-state index contributed by atoms with van der Waals surface area (Å²) in [5.74, 6) is 0.0399. The average molecular weight is 544 g/mol. The van der Waals surface area contributed by atoms with Crippen LogP contribution in [0.5, 0.6) is 5.75 Å². The summed E-state index contributed by atoms with van der Waals surface area (Å²) < 4.78 is 43.3. The van der Waals surface area contributed by atoms with E-state index in [0.717, 1.165) is 17.8 Å². The third-order valence-electron chi connectivity index (χ3n) is 7.47. The molecule has 9 nitrogen and oxygen atoms in total. The van der Waals surface area contributed by atoms with Gasteiger partial charge in [-0.05, 0) is 31.5 Å². The van der Waals surface area contributed by atoms with E-state index in [4.69, 9.17) is 21.1 Å². The van der Waals surface area contributed by atoms with Crippen LogP contribution in [0.1, 0.15) is 36.7 Å². The topological polar surface area (TPSA) is 82.6 Å². The monoisotopic (exact) mass is 543 g/mol. The highest BCUT2D eigenvalue weighted by atomic mass is 35.5. The third-order valence-corrected chi connectivity index (χ3v) is 7.74. The second kappa shape index (κ2) is 10.2. The molecule has 0 saturated carbocycles. The fourth-order valence-corrected chi connectivity index (χ4v) is 5.37. The maximum absolute atomic E-state index is 15.3. The van der Waals surface area contributed by atoms with Crippen molar-refractivity contribution in [2.75, 3.05) is 32.9 Å². The normalized spacial score (nSPS) is 21.5. The summed E-state index contributed by atoms with van der Waals surface area (Å²) in [5.41, 5.74) is 3.46. The number of likely N-dealkylation sites (tertiary alicyclic amines) is 1. The third kappa shape index (κ3) is 4.63. The van der Waals surface area contributed by atoms with Crippen LogP contribution in [-0.2, 0) is 4.74 Å². The first kappa shape index (κ1) is 25.1. The van der Waals surface area contributed by atoms with Gasteiger partial charge < -0.3 is 9.47 Å². The van der Waals surface area contributed by atoms with Crippen LogP contribution in [0.15, 0.2) is 36.8 Å². The number of hydrogen-bond donors (Lipinski definition) is 0. The minimum atomic E-state index is -1.05. The molecule has 12 heteroatoms. The highest BCUT2D eigenvalue weighted by Crippen LogP contribution is 2.35.